The van der Waals surface area contributed by atoms with Crippen LogP contribution in [0.15, 0.2) is 55.1 Å². The Kier molecular flexibility index (Phi) is 17.2. The number of benzene rings is 2. The number of ether oxygens (including phenoxy) is 6. The van der Waals surface area contributed by atoms with E-state index in [1.54, 1.807) is 30.3 Å². The molecule has 3 fully saturated rings. The normalized spacial score (nSPS) is 23.9. The number of hydrogen-bond donors (Lipinski definition) is 0. The smallest absolute Gasteiger partial charge is 0.330 e. The first kappa shape index (κ1) is 42.1. The Labute approximate surface area is 326 Å². The van der Waals surface area contributed by atoms with E-state index in [4.69, 9.17) is 28.4 Å². The molecule has 55 heavy (non-hydrogen) atoms. The van der Waals surface area contributed by atoms with Gasteiger partial charge in [0.15, 0.2) is 6.29 Å². The van der Waals surface area contributed by atoms with Gasteiger partial charge in [0.25, 0.3) is 0 Å². The summed E-state index contributed by atoms with van der Waals surface area (Å²) in [6, 6.07) is 12.6. The first-order valence-corrected chi connectivity index (χ1v) is 20.6. The zero-order chi connectivity index (χ0) is 38.8. The van der Waals surface area contributed by atoms with Crippen LogP contribution in [0.5, 0.6) is 17.2 Å². The molecule has 0 saturated heterocycles. The van der Waals surface area contributed by atoms with Crippen LogP contribution in [0.1, 0.15) is 119 Å². The van der Waals surface area contributed by atoms with Crippen molar-refractivity contribution in [2.45, 2.75) is 103 Å². The summed E-state index contributed by atoms with van der Waals surface area (Å²) in [4.78, 5) is 49.2. The molecule has 0 N–H and O–H groups in total. The van der Waals surface area contributed by atoms with Gasteiger partial charge in [-0.25, -0.2) is 4.79 Å². The van der Waals surface area contributed by atoms with Gasteiger partial charge >= 0.3 is 17.9 Å². The van der Waals surface area contributed by atoms with Gasteiger partial charge in [-0.2, -0.15) is 0 Å². The molecule has 3 aliphatic carbocycles. The van der Waals surface area contributed by atoms with Crippen molar-refractivity contribution >= 4 is 24.2 Å². The Morgan fingerprint density at radius 3 is 1.84 bits per heavy atom. The molecule has 10 nitrogen and oxygen atoms in total. The second-order valence-electron chi connectivity index (χ2n) is 15.4. The zero-order valence-corrected chi connectivity index (χ0v) is 32.6. The molecule has 2 aromatic carbocycles. The van der Waals surface area contributed by atoms with Crippen LogP contribution in [-0.4, -0.2) is 63.8 Å². The minimum atomic E-state index is -0.480. The number of aldehydes is 1. The molecular weight excluding hydrogens is 700 g/mol. The number of rotatable bonds is 20. The maximum absolute atomic E-state index is 13.2. The molecule has 3 saturated carbocycles. The second kappa shape index (κ2) is 22.5. The van der Waals surface area contributed by atoms with Crippen LogP contribution in [0.2, 0.25) is 0 Å². The van der Waals surface area contributed by atoms with E-state index in [-0.39, 0.29) is 37.0 Å². The standard InChI is InChI=1S/C45H60O10/c1-3-5-32-6-8-33(9-7-32)34-10-12-35(13-11-34)38-18-23-42(39(30-38)31-46)55-45(49)37-16-14-36(15-17-37)44(48)54-41-21-19-40(20-22-41)52-28-26-50-24-25-51-27-29-53-43(47)4-2/h4,18-23,30-37H,2-3,5-17,24-29H2,1H3. The van der Waals surface area contributed by atoms with Crippen molar-refractivity contribution in [3.8, 4) is 17.2 Å². The fourth-order valence-electron chi connectivity index (χ4n) is 8.65. The van der Waals surface area contributed by atoms with Crippen molar-refractivity contribution < 1.29 is 47.6 Å². The van der Waals surface area contributed by atoms with Crippen LogP contribution in [0.25, 0.3) is 0 Å². The van der Waals surface area contributed by atoms with Crippen molar-refractivity contribution in [2.24, 2.45) is 29.6 Å². The Balaban J connectivity index is 0.963. The minimum Gasteiger partial charge on any atom is -0.491 e. The van der Waals surface area contributed by atoms with E-state index in [1.165, 1.54) is 56.9 Å². The predicted molar refractivity (Wildman–Crippen MR) is 208 cm³/mol. The lowest BCUT2D eigenvalue weighted by molar-refractivity contribution is -0.145. The van der Waals surface area contributed by atoms with Gasteiger partial charge in [-0.1, -0.05) is 45.3 Å². The SMILES string of the molecule is C=CC(=O)OCCOCCOCCOc1ccc(OC(=O)C2CCC(C(=O)Oc3ccc(C4CCC(C5CCC(CCC)CC5)CC4)cc3C=O)CC2)cc1. The predicted octanol–water partition coefficient (Wildman–Crippen LogP) is 8.84. The van der Waals surface area contributed by atoms with E-state index in [9.17, 15) is 19.2 Å². The third kappa shape index (κ3) is 13.3. The topological polar surface area (TPSA) is 124 Å². The first-order valence-electron chi connectivity index (χ1n) is 20.6. The third-order valence-corrected chi connectivity index (χ3v) is 11.8. The molecule has 0 aromatic heterocycles. The van der Waals surface area contributed by atoms with Crippen molar-refractivity contribution in [2.75, 3.05) is 39.6 Å². The Hall–Kier alpha value is -4.02. The molecule has 0 amide bonds. The summed E-state index contributed by atoms with van der Waals surface area (Å²) in [5.41, 5.74) is 1.59. The highest BCUT2D eigenvalue weighted by atomic mass is 16.6. The van der Waals surface area contributed by atoms with Crippen LogP contribution in [0.4, 0.5) is 0 Å². The molecule has 10 heteroatoms. The largest absolute Gasteiger partial charge is 0.491 e. The van der Waals surface area contributed by atoms with Gasteiger partial charge in [0.05, 0.1) is 43.8 Å². The zero-order valence-electron chi connectivity index (χ0n) is 32.6. The molecule has 0 spiro atoms. The summed E-state index contributed by atoms with van der Waals surface area (Å²) >= 11 is 0. The molecule has 0 radical (unpaired) electrons. The van der Waals surface area contributed by atoms with Crippen LogP contribution < -0.4 is 14.2 Å². The summed E-state index contributed by atoms with van der Waals surface area (Å²) in [6.45, 7) is 7.53. The number of esters is 3. The average Bonchev–Trinajstić information content (AvgIpc) is 3.22. The lowest BCUT2D eigenvalue weighted by Gasteiger charge is -2.38. The van der Waals surface area contributed by atoms with Gasteiger partial charge in [0, 0.05) is 6.08 Å². The Morgan fingerprint density at radius 2 is 1.24 bits per heavy atom. The highest BCUT2D eigenvalue weighted by molar-refractivity contribution is 5.84. The molecule has 2 aromatic rings. The maximum atomic E-state index is 13.2. The number of carbonyl (C=O) groups excluding carboxylic acids is 4. The highest BCUT2D eigenvalue weighted by Crippen LogP contribution is 2.45. The Bertz CT molecular complexity index is 1510. The molecule has 300 valence electrons. The second-order valence-corrected chi connectivity index (χ2v) is 15.4. The van der Waals surface area contributed by atoms with Crippen molar-refractivity contribution in [3.05, 3.63) is 66.2 Å². The molecule has 0 aliphatic heterocycles. The van der Waals surface area contributed by atoms with Crippen molar-refractivity contribution in [3.63, 3.8) is 0 Å². The summed E-state index contributed by atoms with van der Waals surface area (Å²) in [5.74, 6) is 2.66. The van der Waals surface area contributed by atoms with E-state index in [0.717, 1.165) is 43.0 Å². The summed E-state index contributed by atoms with van der Waals surface area (Å²) in [7, 11) is 0. The molecule has 5 rings (SSSR count). The van der Waals surface area contributed by atoms with Crippen LogP contribution in [-0.2, 0) is 28.6 Å². The fourth-order valence-corrected chi connectivity index (χ4v) is 8.65. The molecule has 0 unspecified atom stereocenters. The third-order valence-electron chi connectivity index (χ3n) is 11.8. The Morgan fingerprint density at radius 1 is 0.673 bits per heavy atom. The van der Waals surface area contributed by atoms with Gasteiger partial charge in [0.1, 0.15) is 30.5 Å². The summed E-state index contributed by atoms with van der Waals surface area (Å²) < 4.78 is 32.7. The molecule has 3 aliphatic rings. The molecule has 0 heterocycles. The van der Waals surface area contributed by atoms with Crippen molar-refractivity contribution in [1.82, 2.24) is 0 Å². The van der Waals surface area contributed by atoms with Crippen LogP contribution in [0.3, 0.4) is 0 Å². The highest BCUT2D eigenvalue weighted by Gasteiger charge is 2.34. The maximum Gasteiger partial charge on any atom is 0.330 e. The van der Waals surface area contributed by atoms with E-state index < -0.39 is 5.97 Å². The van der Waals surface area contributed by atoms with E-state index in [0.29, 0.717) is 80.8 Å². The van der Waals surface area contributed by atoms with E-state index in [1.807, 2.05) is 12.1 Å². The van der Waals surface area contributed by atoms with Crippen LogP contribution >= 0.6 is 0 Å². The van der Waals surface area contributed by atoms with Crippen molar-refractivity contribution in [1.29, 1.82) is 0 Å². The van der Waals surface area contributed by atoms with Gasteiger partial charge in [-0.3, -0.25) is 14.4 Å². The number of carbonyl (C=O) groups is 4. The lowest BCUT2D eigenvalue weighted by atomic mass is 9.68. The quantitative estimate of drug-likeness (QED) is 0.0425. The van der Waals surface area contributed by atoms with E-state index in [2.05, 4.69) is 13.5 Å². The molecule has 0 atom stereocenters. The van der Waals surface area contributed by atoms with Crippen LogP contribution in [0, 0.1) is 29.6 Å². The lowest BCUT2D eigenvalue weighted by Crippen LogP contribution is -2.30. The average molecular weight is 761 g/mol. The van der Waals surface area contributed by atoms with Gasteiger partial charge in [-0.15, -0.1) is 0 Å². The van der Waals surface area contributed by atoms with Gasteiger partial charge in [-0.05, 0) is 130 Å². The number of hydrogen-bond acceptors (Lipinski definition) is 10. The fraction of sp³-hybridized carbons (Fsp3) is 0.600. The minimum absolute atomic E-state index is 0.165. The monoisotopic (exact) mass is 760 g/mol. The van der Waals surface area contributed by atoms with E-state index >= 15 is 0 Å². The summed E-state index contributed by atoms with van der Waals surface area (Å²) in [6.07, 6.45) is 17.1. The molecule has 0 bridgehead atoms. The molecular formula is C45H60O10. The first-order chi connectivity index (χ1) is 26.9. The van der Waals surface area contributed by atoms with Gasteiger partial charge < -0.3 is 28.4 Å². The summed E-state index contributed by atoms with van der Waals surface area (Å²) in [5, 5.41) is 0. The van der Waals surface area contributed by atoms with Gasteiger partial charge in [0.2, 0.25) is 0 Å².